The van der Waals surface area contributed by atoms with Crippen LogP contribution in [0.5, 0.6) is 5.75 Å². The molecule has 0 spiro atoms. The van der Waals surface area contributed by atoms with Crippen molar-refractivity contribution in [2.45, 2.75) is 43.5 Å². The molecule has 2 fully saturated rings. The molecule has 1 amide bonds. The Hall–Kier alpha value is -1.64. The van der Waals surface area contributed by atoms with E-state index >= 15 is 0 Å². The van der Waals surface area contributed by atoms with Gasteiger partial charge in [0.05, 0.1) is 13.0 Å². The number of methoxy groups -OCH3 is 1. The van der Waals surface area contributed by atoms with Crippen molar-refractivity contribution in [3.05, 3.63) is 23.8 Å². The van der Waals surface area contributed by atoms with Gasteiger partial charge in [0.15, 0.2) is 0 Å². The minimum absolute atomic E-state index is 0.0225. The number of sulfonamides is 1. The number of benzene rings is 1. The number of carbonyl (C=O) groups is 1. The third-order valence-corrected chi connectivity index (χ3v) is 7.64. The molecule has 3 rings (SSSR count). The van der Waals surface area contributed by atoms with Gasteiger partial charge in [-0.15, -0.1) is 0 Å². The maximum Gasteiger partial charge on any atom is 0.246 e. The first-order chi connectivity index (χ1) is 13.3. The van der Waals surface area contributed by atoms with E-state index in [2.05, 4.69) is 17.3 Å². The summed E-state index contributed by atoms with van der Waals surface area (Å²) in [6.45, 7) is 4.45. The fraction of sp³-hybridized carbons (Fsp3) is 0.650. The van der Waals surface area contributed by atoms with Crippen molar-refractivity contribution in [3.63, 3.8) is 0 Å². The van der Waals surface area contributed by atoms with E-state index in [1.165, 1.54) is 11.4 Å². The van der Waals surface area contributed by atoms with Crippen LogP contribution >= 0.6 is 0 Å². The molecule has 2 aliphatic heterocycles. The smallest absolute Gasteiger partial charge is 0.246 e. The summed E-state index contributed by atoms with van der Waals surface area (Å²) >= 11 is 0. The summed E-state index contributed by atoms with van der Waals surface area (Å²) in [4.78, 5) is 15.2. The van der Waals surface area contributed by atoms with Gasteiger partial charge in [-0.05, 0) is 70.4 Å². The Balaban J connectivity index is 1.70. The molecule has 2 saturated heterocycles. The van der Waals surface area contributed by atoms with E-state index < -0.39 is 10.0 Å². The minimum Gasteiger partial charge on any atom is -0.495 e. The molecule has 8 heteroatoms. The number of rotatable bonds is 5. The van der Waals surface area contributed by atoms with E-state index in [-0.39, 0.29) is 29.3 Å². The van der Waals surface area contributed by atoms with Crippen LogP contribution in [0.4, 0.5) is 0 Å². The van der Waals surface area contributed by atoms with Gasteiger partial charge in [-0.1, -0.05) is 6.07 Å². The van der Waals surface area contributed by atoms with E-state index in [9.17, 15) is 13.2 Å². The van der Waals surface area contributed by atoms with Crippen molar-refractivity contribution in [1.29, 1.82) is 0 Å². The summed E-state index contributed by atoms with van der Waals surface area (Å²) in [5.74, 6) is 0.00754. The molecular formula is C20H31N3O4S. The number of carbonyl (C=O) groups excluding carboxylic acids is 1. The summed E-state index contributed by atoms with van der Waals surface area (Å²) in [6, 6.07) is 5.33. The molecule has 1 aromatic carbocycles. The number of likely N-dealkylation sites (tertiary alicyclic amines) is 1. The third kappa shape index (κ3) is 4.67. The van der Waals surface area contributed by atoms with E-state index in [4.69, 9.17) is 4.74 Å². The number of aryl methyl sites for hydroxylation is 1. The van der Waals surface area contributed by atoms with E-state index in [1.807, 2.05) is 13.0 Å². The van der Waals surface area contributed by atoms with Gasteiger partial charge in [0.1, 0.15) is 10.6 Å². The number of nitrogens with zero attached hydrogens (tertiary/aromatic N) is 2. The second-order valence-corrected chi connectivity index (χ2v) is 9.85. The van der Waals surface area contributed by atoms with Crippen LogP contribution in [0.25, 0.3) is 0 Å². The molecule has 0 radical (unpaired) electrons. The van der Waals surface area contributed by atoms with Gasteiger partial charge in [0.25, 0.3) is 0 Å². The van der Waals surface area contributed by atoms with Crippen molar-refractivity contribution < 1.29 is 17.9 Å². The molecule has 0 aliphatic carbocycles. The maximum absolute atomic E-state index is 13.2. The van der Waals surface area contributed by atoms with Crippen molar-refractivity contribution in [3.8, 4) is 5.75 Å². The fourth-order valence-electron chi connectivity index (χ4n) is 3.97. The van der Waals surface area contributed by atoms with Crippen LogP contribution in [0.1, 0.15) is 31.2 Å². The van der Waals surface area contributed by atoms with Crippen molar-refractivity contribution in [1.82, 2.24) is 14.5 Å². The number of piperidine rings is 2. The summed E-state index contributed by atoms with van der Waals surface area (Å²) in [7, 11) is -0.158. The van der Waals surface area contributed by atoms with Crippen LogP contribution in [-0.4, -0.2) is 69.9 Å². The monoisotopic (exact) mass is 409 g/mol. The molecule has 1 atom stereocenters. The highest BCUT2D eigenvalue weighted by molar-refractivity contribution is 7.89. The first kappa shape index (κ1) is 21.1. The maximum atomic E-state index is 13.2. The normalized spacial score (nSPS) is 22.8. The predicted molar refractivity (Wildman–Crippen MR) is 108 cm³/mol. The molecule has 2 aliphatic rings. The second-order valence-electron chi connectivity index (χ2n) is 7.94. The number of hydrogen-bond donors (Lipinski definition) is 1. The van der Waals surface area contributed by atoms with Crippen molar-refractivity contribution >= 4 is 15.9 Å². The van der Waals surface area contributed by atoms with Crippen molar-refractivity contribution in [2.75, 3.05) is 40.3 Å². The fourth-order valence-corrected chi connectivity index (χ4v) is 5.74. The standard InChI is InChI=1S/C20H31N3O4S/c1-15-6-7-18(27-3)19(13-15)28(25,26)23-10-4-5-16(14-23)20(24)21-17-8-11-22(2)12-9-17/h6-7,13,16-17H,4-5,8-12,14H2,1-3H3,(H,21,24). The number of hydrogen-bond acceptors (Lipinski definition) is 5. The predicted octanol–water partition coefficient (Wildman–Crippen LogP) is 1.61. The molecule has 1 unspecified atom stereocenters. The molecule has 0 aromatic heterocycles. The summed E-state index contributed by atoms with van der Waals surface area (Å²) < 4.78 is 33.2. The minimum atomic E-state index is -3.71. The first-order valence-corrected chi connectivity index (χ1v) is 11.4. The Morgan fingerprint density at radius 3 is 2.57 bits per heavy atom. The first-order valence-electron chi connectivity index (χ1n) is 9.95. The van der Waals surface area contributed by atoms with Crippen LogP contribution in [0.3, 0.4) is 0 Å². The zero-order valence-electron chi connectivity index (χ0n) is 17.0. The Labute approximate surface area is 168 Å². The van der Waals surface area contributed by atoms with E-state index in [0.717, 1.165) is 37.9 Å². The quantitative estimate of drug-likeness (QED) is 0.799. The largest absolute Gasteiger partial charge is 0.495 e. The molecule has 1 aromatic rings. The number of amides is 1. The Morgan fingerprint density at radius 2 is 1.89 bits per heavy atom. The van der Waals surface area contributed by atoms with Gasteiger partial charge >= 0.3 is 0 Å². The van der Waals surface area contributed by atoms with E-state index in [0.29, 0.717) is 18.7 Å². The topological polar surface area (TPSA) is 79.0 Å². The van der Waals surface area contributed by atoms with Crippen LogP contribution < -0.4 is 10.1 Å². The second kappa shape index (κ2) is 8.80. The van der Waals surface area contributed by atoms with Crippen molar-refractivity contribution in [2.24, 2.45) is 5.92 Å². The van der Waals surface area contributed by atoms with Gasteiger partial charge in [-0.25, -0.2) is 8.42 Å². The average molecular weight is 410 g/mol. The van der Waals surface area contributed by atoms with Gasteiger partial charge < -0.3 is 15.0 Å². The molecule has 7 nitrogen and oxygen atoms in total. The summed E-state index contributed by atoms with van der Waals surface area (Å²) in [5, 5.41) is 3.14. The van der Waals surface area contributed by atoms with E-state index in [1.54, 1.807) is 12.1 Å². The van der Waals surface area contributed by atoms with Crippen LogP contribution in [0.15, 0.2) is 23.1 Å². The van der Waals surface area contributed by atoms with Crippen LogP contribution in [0, 0.1) is 12.8 Å². The zero-order chi connectivity index (χ0) is 20.3. The number of ether oxygens (including phenoxy) is 1. The average Bonchev–Trinajstić information content (AvgIpc) is 2.69. The molecule has 0 saturated carbocycles. The van der Waals surface area contributed by atoms with Crippen LogP contribution in [0.2, 0.25) is 0 Å². The highest BCUT2D eigenvalue weighted by atomic mass is 32.2. The van der Waals surface area contributed by atoms with Crippen LogP contribution in [-0.2, 0) is 14.8 Å². The molecular weight excluding hydrogens is 378 g/mol. The molecule has 28 heavy (non-hydrogen) atoms. The highest BCUT2D eigenvalue weighted by Gasteiger charge is 2.35. The lowest BCUT2D eigenvalue weighted by Gasteiger charge is -2.34. The lowest BCUT2D eigenvalue weighted by molar-refractivity contribution is -0.127. The molecule has 2 heterocycles. The zero-order valence-corrected chi connectivity index (χ0v) is 17.8. The molecule has 0 bridgehead atoms. The van der Waals surface area contributed by atoms with Gasteiger partial charge in [-0.3, -0.25) is 4.79 Å². The summed E-state index contributed by atoms with van der Waals surface area (Å²) in [6.07, 6.45) is 3.28. The lowest BCUT2D eigenvalue weighted by Crippen LogP contribution is -2.49. The summed E-state index contributed by atoms with van der Waals surface area (Å²) in [5.41, 5.74) is 0.855. The third-order valence-electron chi connectivity index (χ3n) is 5.76. The van der Waals surface area contributed by atoms with Gasteiger partial charge in [0.2, 0.25) is 15.9 Å². The van der Waals surface area contributed by atoms with Gasteiger partial charge in [-0.2, -0.15) is 4.31 Å². The van der Waals surface area contributed by atoms with Gasteiger partial charge in [0, 0.05) is 19.1 Å². The Kier molecular flexibility index (Phi) is 6.62. The lowest BCUT2D eigenvalue weighted by atomic mass is 9.97. The molecule has 1 N–H and O–H groups in total. The Morgan fingerprint density at radius 1 is 1.18 bits per heavy atom. The highest BCUT2D eigenvalue weighted by Crippen LogP contribution is 2.30. The Bertz CT molecular complexity index is 804. The SMILES string of the molecule is COc1ccc(C)cc1S(=O)(=O)N1CCCC(C(=O)NC2CCN(C)CC2)C1. The molecule has 156 valence electrons. The number of nitrogens with one attached hydrogen (secondary N) is 1.